The van der Waals surface area contributed by atoms with E-state index in [0.717, 1.165) is 17.5 Å². The van der Waals surface area contributed by atoms with E-state index in [1.54, 1.807) is 0 Å². The maximum absolute atomic E-state index is 13.6. The zero-order valence-corrected chi connectivity index (χ0v) is 14.7. The van der Waals surface area contributed by atoms with Crippen molar-refractivity contribution in [1.82, 2.24) is 15.4 Å². The van der Waals surface area contributed by atoms with E-state index in [1.807, 2.05) is 27.7 Å². The fourth-order valence-electron chi connectivity index (χ4n) is 1.23. The normalized spacial score (nSPS) is 9.05. The first kappa shape index (κ1) is 20.5. The summed E-state index contributed by atoms with van der Waals surface area (Å²) in [5.41, 5.74) is 2.74. The Bertz CT molecular complexity index is 591. The van der Waals surface area contributed by atoms with Crippen LogP contribution in [0.25, 0.3) is 10.6 Å². The Kier molecular flexibility index (Phi) is 10.3. The van der Waals surface area contributed by atoms with Gasteiger partial charge >= 0.3 is 0 Å². The number of pyridine rings is 1. The van der Waals surface area contributed by atoms with Gasteiger partial charge in [-0.2, -0.15) is 4.39 Å². The summed E-state index contributed by atoms with van der Waals surface area (Å²) in [4.78, 5) is 12.2. The average Bonchev–Trinajstić information content (AvgIpc) is 2.94. The van der Waals surface area contributed by atoms with Gasteiger partial charge in [0, 0.05) is 11.8 Å². The predicted octanol–water partition coefficient (Wildman–Crippen LogP) is 4.36. The zero-order chi connectivity index (χ0) is 17.1. The maximum Gasteiger partial charge on any atom is 0.234 e. The van der Waals surface area contributed by atoms with Gasteiger partial charge in [0.15, 0.2) is 0 Å². The van der Waals surface area contributed by atoms with E-state index in [-0.39, 0.29) is 9.87 Å². The fraction of sp³-hybridized carbons (Fsp3) is 0.357. The van der Waals surface area contributed by atoms with E-state index in [9.17, 15) is 8.78 Å². The maximum atomic E-state index is 13.6. The molecule has 0 aliphatic heterocycles. The average molecular weight is 347 g/mol. The van der Waals surface area contributed by atoms with Crippen molar-refractivity contribution in [3.63, 3.8) is 0 Å². The lowest BCUT2D eigenvalue weighted by atomic mass is 10.3. The highest BCUT2D eigenvalue weighted by Gasteiger charge is 2.16. The lowest BCUT2D eigenvalue weighted by Gasteiger charge is -2.00. The molecule has 0 amide bonds. The number of hydrogen-bond acceptors (Lipinski definition) is 5. The Balaban J connectivity index is 0.00000102. The van der Waals surface area contributed by atoms with Gasteiger partial charge in [-0.25, -0.2) is 9.37 Å². The molecule has 0 aliphatic rings. The number of hydroxylamine groups is 1. The van der Waals surface area contributed by atoms with Gasteiger partial charge in [0.2, 0.25) is 5.95 Å². The summed E-state index contributed by atoms with van der Waals surface area (Å²) in [7, 11) is 1.36. The molecule has 2 aromatic heterocycles. The standard InChI is InChI=1S/C10H7F2N3OS2.2C2H6/c1-16-15-9(17)7-8(12)14-10(18-7)5-2-6(11)4-13-3-5;2*1-2/h2-4H,1H3,(H,15,17);2*1-2H3. The lowest BCUT2D eigenvalue weighted by Crippen LogP contribution is -2.20. The Morgan fingerprint density at radius 2 is 1.86 bits per heavy atom. The zero-order valence-electron chi connectivity index (χ0n) is 13.1. The number of rotatable bonds is 3. The number of nitrogens with zero attached hydrogens (tertiary/aromatic N) is 2. The van der Waals surface area contributed by atoms with Crippen LogP contribution >= 0.6 is 23.6 Å². The summed E-state index contributed by atoms with van der Waals surface area (Å²) < 4.78 is 26.6. The van der Waals surface area contributed by atoms with Crippen molar-refractivity contribution in [1.29, 1.82) is 0 Å². The van der Waals surface area contributed by atoms with Crippen LogP contribution < -0.4 is 5.48 Å². The molecule has 0 saturated carbocycles. The Morgan fingerprint density at radius 3 is 2.41 bits per heavy atom. The number of hydrogen-bond donors (Lipinski definition) is 1. The first-order valence-corrected chi connectivity index (χ1v) is 7.95. The molecule has 0 atom stereocenters. The Hall–Kier alpha value is -1.51. The predicted molar refractivity (Wildman–Crippen MR) is 89.8 cm³/mol. The van der Waals surface area contributed by atoms with Gasteiger partial charge in [0.25, 0.3) is 0 Å². The fourth-order valence-corrected chi connectivity index (χ4v) is 2.34. The van der Waals surface area contributed by atoms with E-state index < -0.39 is 11.8 Å². The molecule has 0 spiro atoms. The monoisotopic (exact) mass is 347 g/mol. The number of aromatic nitrogens is 2. The van der Waals surface area contributed by atoms with Gasteiger partial charge in [-0.05, 0) is 6.07 Å². The molecule has 2 aromatic rings. The summed E-state index contributed by atoms with van der Waals surface area (Å²) in [5, 5.41) is 0.301. The van der Waals surface area contributed by atoms with E-state index in [4.69, 9.17) is 12.2 Å². The molecule has 8 heteroatoms. The van der Waals surface area contributed by atoms with E-state index in [1.165, 1.54) is 19.4 Å². The molecule has 22 heavy (non-hydrogen) atoms. The molecule has 0 aromatic carbocycles. The number of thiazole rings is 1. The van der Waals surface area contributed by atoms with Crippen LogP contribution in [0, 0.1) is 11.8 Å². The van der Waals surface area contributed by atoms with Crippen LogP contribution in [0.3, 0.4) is 0 Å². The minimum atomic E-state index is -0.728. The molecule has 4 nitrogen and oxygen atoms in total. The summed E-state index contributed by atoms with van der Waals surface area (Å²) in [5.74, 6) is -1.24. The molecule has 0 radical (unpaired) electrons. The molecule has 122 valence electrons. The SMILES string of the molecule is CC.CC.CONC(=S)c1sc(-c2cncc(F)c2)nc1F. The second-order valence-electron chi connectivity index (χ2n) is 3.17. The molecule has 0 fully saturated rings. The highest BCUT2D eigenvalue weighted by molar-refractivity contribution is 7.81. The van der Waals surface area contributed by atoms with E-state index in [2.05, 4.69) is 20.3 Å². The van der Waals surface area contributed by atoms with Crippen LogP contribution in [0.15, 0.2) is 18.5 Å². The van der Waals surface area contributed by atoms with Gasteiger partial charge in [0.05, 0.1) is 13.3 Å². The first-order chi connectivity index (χ1) is 10.6. The number of halogens is 2. The summed E-state index contributed by atoms with van der Waals surface area (Å²) in [6, 6.07) is 1.22. The highest BCUT2D eigenvalue weighted by atomic mass is 32.1. The second-order valence-corrected chi connectivity index (χ2v) is 4.57. The second kappa shape index (κ2) is 11.1. The van der Waals surface area contributed by atoms with Crippen LogP contribution in [0.1, 0.15) is 32.6 Å². The minimum absolute atomic E-state index is 0.0862. The van der Waals surface area contributed by atoms with Gasteiger partial charge < -0.3 is 0 Å². The van der Waals surface area contributed by atoms with Crippen molar-refractivity contribution in [2.45, 2.75) is 27.7 Å². The van der Waals surface area contributed by atoms with Crippen molar-refractivity contribution in [2.24, 2.45) is 0 Å². The molecule has 2 heterocycles. The quantitative estimate of drug-likeness (QED) is 0.660. The molecule has 2 rings (SSSR count). The van der Waals surface area contributed by atoms with Crippen molar-refractivity contribution >= 4 is 28.5 Å². The van der Waals surface area contributed by atoms with Crippen LogP contribution in [0.4, 0.5) is 8.78 Å². The molecule has 0 unspecified atom stereocenters. The topological polar surface area (TPSA) is 47.0 Å². The summed E-state index contributed by atoms with van der Waals surface area (Å²) in [6.07, 6.45) is 2.46. The third-order valence-electron chi connectivity index (χ3n) is 1.94. The molecule has 1 N–H and O–H groups in total. The van der Waals surface area contributed by atoms with Gasteiger partial charge in [-0.1, -0.05) is 39.9 Å². The van der Waals surface area contributed by atoms with Gasteiger partial charge in [-0.15, -0.1) is 11.3 Å². The van der Waals surface area contributed by atoms with Crippen molar-refractivity contribution in [3.8, 4) is 10.6 Å². The Labute approximate surface area is 138 Å². The van der Waals surface area contributed by atoms with Crippen LogP contribution in [-0.2, 0) is 4.84 Å². The molecule has 0 aliphatic carbocycles. The first-order valence-electron chi connectivity index (χ1n) is 6.72. The molecular formula is C14H19F2N3OS2. The molecular weight excluding hydrogens is 328 g/mol. The minimum Gasteiger partial charge on any atom is -0.279 e. The number of thiocarbonyl (C=S) groups is 1. The molecule has 0 bridgehead atoms. The van der Waals surface area contributed by atoms with Crippen LogP contribution in [0.2, 0.25) is 0 Å². The van der Waals surface area contributed by atoms with Crippen LogP contribution in [-0.4, -0.2) is 22.1 Å². The van der Waals surface area contributed by atoms with Crippen molar-refractivity contribution < 1.29 is 13.6 Å². The smallest absolute Gasteiger partial charge is 0.234 e. The van der Waals surface area contributed by atoms with Crippen molar-refractivity contribution in [2.75, 3.05) is 7.11 Å². The van der Waals surface area contributed by atoms with Gasteiger partial charge in [-0.3, -0.25) is 15.3 Å². The van der Waals surface area contributed by atoms with Gasteiger partial charge in [0.1, 0.15) is 20.7 Å². The summed E-state index contributed by atoms with van der Waals surface area (Å²) >= 11 is 5.89. The third kappa shape index (κ3) is 5.70. The van der Waals surface area contributed by atoms with Crippen LogP contribution in [0.5, 0.6) is 0 Å². The summed E-state index contributed by atoms with van der Waals surface area (Å²) in [6.45, 7) is 8.00. The Morgan fingerprint density at radius 1 is 1.23 bits per heavy atom. The molecule has 0 saturated heterocycles. The van der Waals surface area contributed by atoms with E-state index >= 15 is 0 Å². The van der Waals surface area contributed by atoms with Crippen molar-refractivity contribution in [3.05, 3.63) is 35.1 Å². The lowest BCUT2D eigenvalue weighted by molar-refractivity contribution is 0.147. The number of nitrogens with one attached hydrogen (secondary N) is 1. The largest absolute Gasteiger partial charge is 0.279 e. The highest BCUT2D eigenvalue weighted by Crippen LogP contribution is 2.27. The van der Waals surface area contributed by atoms with E-state index in [0.29, 0.717) is 10.6 Å². The third-order valence-corrected chi connectivity index (χ3v) is 3.45.